The highest BCUT2D eigenvalue weighted by atomic mass is 16.5. The average Bonchev–Trinajstić information content (AvgIpc) is 2.48. The largest absolute Gasteiger partial charge is 0.497 e. The first-order valence-electron chi connectivity index (χ1n) is 6.39. The maximum Gasteiger partial charge on any atom is 0.118 e. The highest BCUT2D eigenvalue weighted by Gasteiger charge is 2.25. The number of aliphatic hydroxyl groups is 1. The van der Waals surface area contributed by atoms with Gasteiger partial charge in [-0.1, -0.05) is 48.6 Å². The lowest BCUT2D eigenvalue weighted by molar-refractivity contribution is 0.160. The summed E-state index contributed by atoms with van der Waals surface area (Å²) in [5.41, 5.74) is 3.18. The van der Waals surface area contributed by atoms with Gasteiger partial charge in [0.1, 0.15) is 5.75 Å². The van der Waals surface area contributed by atoms with Crippen LogP contribution in [0.5, 0.6) is 5.75 Å². The minimum atomic E-state index is -0.491. The molecule has 0 aromatic heterocycles. The summed E-state index contributed by atoms with van der Waals surface area (Å²) in [5.74, 6) is 0.833. The molecule has 19 heavy (non-hydrogen) atoms. The topological polar surface area (TPSA) is 29.5 Å². The molecule has 0 bridgehead atoms. The van der Waals surface area contributed by atoms with E-state index in [1.807, 2.05) is 48.5 Å². The molecule has 2 aromatic carbocycles. The molecule has 0 spiro atoms. The van der Waals surface area contributed by atoms with Gasteiger partial charge in [-0.15, -0.1) is 0 Å². The number of hydrogen-bond donors (Lipinski definition) is 1. The van der Waals surface area contributed by atoms with E-state index in [9.17, 15) is 5.11 Å². The van der Waals surface area contributed by atoms with Crippen LogP contribution in [0.25, 0.3) is 6.08 Å². The van der Waals surface area contributed by atoms with Gasteiger partial charge in [-0.2, -0.15) is 0 Å². The molecule has 0 amide bonds. The van der Waals surface area contributed by atoms with Crippen molar-refractivity contribution in [2.45, 2.75) is 12.0 Å². The van der Waals surface area contributed by atoms with Crippen molar-refractivity contribution >= 4 is 6.08 Å². The van der Waals surface area contributed by atoms with Crippen molar-refractivity contribution in [1.82, 2.24) is 0 Å². The second-order valence-corrected chi connectivity index (χ2v) is 4.73. The van der Waals surface area contributed by atoms with Crippen LogP contribution in [-0.2, 0) is 0 Å². The molecule has 0 aliphatic heterocycles. The molecule has 0 fully saturated rings. The Morgan fingerprint density at radius 1 is 1.00 bits per heavy atom. The van der Waals surface area contributed by atoms with Crippen LogP contribution in [0.1, 0.15) is 28.7 Å². The van der Waals surface area contributed by atoms with E-state index in [4.69, 9.17) is 4.74 Å². The van der Waals surface area contributed by atoms with Crippen LogP contribution in [0.15, 0.2) is 54.6 Å². The third-order valence-electron chi connectivity index (χ3n) is 3.64. The summed E-state index contributed by atoms with van der Waals surface area (Å²) in [7, 11) is 1.65. The fraction of sp³-hybridized carbons (Fsp3) is 0.176. The summed E-state index contributed by atoms with van der Waals surface area (Å²) in [5, 5.41) is 10.5. The second kappa shape index (κ2) is 4.90. The molecule has 2 atom stereocenters. The molecular weight excluding hydrogens is 236 g/mol. The highest BCUT2D eigenvalue weighted by molar-refractivity contribution is 5.60. The Kier molecular flexibility index (Phi) is 3.10. The van der Waals surface area contributed by atoms with E-state index < -0.39 is 6.10 Å². The highest BCUT2D eigenvalue weighted by Crippen LogP contribution is 2.38. The van der Waals surface area contributed by atoms with Crippen LogP contribution < -0.4 is 4.74 Å². The normalized spacial score (nSPS) is 20.9. The van der Waals surface area contributed by atoms with Gasteiger partial charge >= 0.3 is 0 Å². The number of ether oxygens (including phenoxy) is 1. The van der Waals surface area contributed by atoms with E-state index in [-0.39, 0.29) is 5.92 Å². The lowest BCUT2D eigenvalue weighted by Crippen LogP contribution is -2.13. The molecule has 0 heterocycles. The first kappa shape index (κ1) is 12.0. The minimum Gasteiger partial charge on any atom is -0.497 e. The SMILES string of the molecule is COc1ccc([C@@H]2C=Cc3ccccc3[C@@H]2O)cc1. The summed E-state index contributed by atoms with van der Waals surface area (Å²) in [6.45, 7) is 0. The Bertz CT molecular complexity index is 599. The summed E-state index contributed by atoms with van der Waals surface area (Å²) < 4.78 is 5.16. The molecule has 1 N–H and O–H groups in total. The zero-order valence-corrected chi connectivity index (χ0v) is 10.8. The Labute approximate surface area is 113 Å². The third kappa shape index (κ3) is 2.15. The Hall–Kier alpha value is -2.06. The van der Waals surface area contributed by atoms with Gasteiger partial charge in [0.2, 0.25) is 0 Å². The van der Waals surface area contributed by atoms with E-state index in [0.29, 0.717) is 0 Å². The van der Waals surface area contributed by atoms with Crippen LogP contribution in [-0.4, -0.2) is 12.2 Å². The summed E-state index contributed by atoms with van der Waals surface area (Å²) in [6.07, 6.45) is 3.65. The lowest BCUT2D eigenvalue weighted by atomic mass is 9.83. The van der Waals surface area contributed by atoms with Gasteiger partial charge in [0, 0.05) is 5.92 Å². The van der Waals surface area contributed by atoms with Gasteiger partial charge in [0.25, 0.3) is 0 Å². The van der Waals surface area contributed by atoms with Crippen LogP contribution in [0.2, 0.25) is 0 Å². The van der Waals surface area contributed by atoms with Crippen LogP contribution in [0, 0.1) is 0 Å². The number of fused-ring (bicyclic) bond motifs is 1. The molecule has 0 unspecified atom stereocenters. The molecule has 1 aliphatic carbocycles. The number of benzene rings is 2. The maximum atomic E-state index is 10.5. The average molecular weight is 252 g/mol. The van der Waals surface area contributed by atoms with Crippen LogP contribution >= 0.6 is 0 Å². The molecule has 3 rings (SSSR count). The number of rotatable bonds is 2. The Balaban J connectivity index is 1.95. The quantitative estimate of drug-likeness (QED) is 0.885. The monoisotopic (exact) mass is 252 g/mol. The molecule has 1 aliphatic rings. The van der Waals surface area contributed by atoms with E-state index in [0.717, 1.165) is 22.4 Å². The van der Waals surface area contributed by atoms with Crippen molar-refractivity contribution < 1.29 is 9.84 Å². The number of methoxy groups -OCH3 is 1. The molecule has 0 radical (unpaired) electrons. The fourth-order valence-electron chi connectivity index (χ4n) is 2.56. The predicted molar refractivity (Wildman–Crippen MR) is 76.2 cm³/mol. The van der Waals surface area contributed by atoms with Crippen LogP contribution in [0.3, 0.4) is 0 Å². The van der Waals surface area contributed by atoms with Crippen molar-refractivity contribution in [2.75, 3.05) is 7.11 Å². The van der Waals surface area contributed by atoms with Gasteiger partial charge < -0.3 is 9.84 Å². The standard InChI is InChI=1S/C17H16O2/c1-19-14-9-6-13(7-10-14)16-11-8-12-4-2-3-5-15(12)17(16)18/h2-11,16-18H,1H3/t16-,17-/m0/s1. The van der Waals surface area contributed by atoms with E-state index in [2.05, 4.69) is 12.2 Å². The van der Waals surface area contributed by atoms with Gasteiger partial charge in [-0.05, 0) is 28.8 Å². The maximum absolute atomic E-state index is 10.5. The molecule has 2 aromatic rings. The lowest BCUT2D eigenvalue weighted by Gasteiger charge is -2.26. The molecule has 2 heteroatoms. The third-order valence-corrected chi connectivity index (χ3v) is 3.64. The van der Waals surface area contributed by atoms with Crippen molar-refractivity contribution in [1.29, 1.82) is 0 Å². The molecule has 2 nitrogen and oxygen atoms in total. The zero-order valence-electron chi connectivity index (χ0n) is 10.8. The first-order chi connectivity index (χ1) is 9.29. The first-order valence-corrected chi connectivity index (χ1v) is 6.39. The van der Waals surface area contributed by atoms with Crippen molar-refractivity contribution in [3.05, 3.63) is 71.3 Å². The van der Waals surface area contributed by atoms with Gasteiger partial charge in [-0.3, -0.25) is 0 Å². The summed E-state index contributed by atoms with van der Waals surface area (Å²) in [4.78, 5) is 0. The van der Waals surface area contributed by atoms with Crippen molar-refractivity contribution in [3.8, 4) is 5.75 Å². The second-order valence-electron chi connectivity index (χ2n) is 4.73. The molecule has 0 saturated carbocycles. The summed E-state index contributed by atoms with van der Waals surface area (Å²) in [6, 6.07) is 15.8. The van der Waals surface area contributed by atoms with Crippen molar-refractivity contribution in [2.24, 2.45) is 0 Å². The van der Waals surface area contributed by atoms with Crippen molar-refractivity contribution in [3.63, 3.8) is 0 Å². The predicted octanol–water partition coefficient (Wildman–Crippen LogP) is 3.54. The van der Waals surface area contributed by atoms with Gasteiger partial charge in [0.05, 0.1) is 13.2 Å². The minimum absolute atomic E-state index is 0.000746. The Morgan fingerprint density at radius 2 is 1.74 bits per heavy atom. The molecular formula is C17H16O2. The molecule has 0 saturated heterocycles. The van der Waals surface area contributed by atoms with Gasteiger partial charge in [-0.25, -0.2) is 0 Å². The van der Waals surface area contributed by atoms with Gasteiger partial charge in [0.15, 0.2) is 0 Å². The number of hydrogen-bond acceptors (Lipinski definition) is 2. The Morgan fingerprint density at radius 3 is 2.47 bits per heavy atom. The van der Waals surface area contributed by atoms with Crippen LogP contribution in [0.4, 0.5) is 0 Å². The fourth-order valence-corrected chi connectivity index (χ4v) is 2.56. The molecule has 96 valence electrons. The summed E-state index contributed by atoms with van der Waals surface area (Å²) >= 11 is 0. The number of aliphatic hydroxyl groups excluding tert-OH is 1. The zero-order chi connectivity index (χ0) is 13.2. The van der Waals surface area contributed by atoms with E-state index in [1.54, 1.807) is 7.11 Å². The van der Waals surface area contributed by atoms with E-state index in [1.165, 1.54) is 0 Å². The smallest absolute Gasteiger partial charge is 0.118 e. The van der Waals surface area contributed by atoms with E-state index >= 15 is 0 Å².